The van der Waals surface area contributed by atoms with Crippen LogP contribution in [0.1, 0.15) is 54.2 Å². The number of pyridine rings is 1. The quantitative estimate of drug-likeness (QED) is 0.867. The Kier molecular flexibility index (Phi) is 5.37. The number of anilines is 2. The van der Waals surface area contributed by atoms with Gasteiger partial charge in [-0.25, -0.2) is 4.98 Å². The molecule has 4 nitrogen and oxygen atoms in total. The minimum Gasteiger partial charge on any atom is -0.354 e. The number of piperidine rings is 1. The smallest absolute Gasteiger partial charge is 0.272 e. The average Bonchev–Trinajstić information content (AvgIpc) is 2.65. The highest BCUT2D eigenvalue weighted by molar-refractivity contribution is 5.92. The second-order valence-electron chi connectivity index (χ2n) is 6.86. The van der Waals surface area contributed by atoms with Crippen molar-refractivity contribution in [3.63, 3.8) is 0 Å². The van der Waals surface area contributed by atoms with E-state index in [1.54, 1.807) is 6.20 Å². The highest BCUT2D eigenvalue weighted by atomic mass is 16.2. The lowest BCUT2D eigenvalue weighted by molar-refractivity contribution is 0.0602. The van der Waals surface area contributed by atoms with Crippen molar-refractivity contribution in [2.45, 2.75) is 52.5 Å². The molecule has 132 valence electrons. The zero-order chi connectivity index (χ0) is 17.8. The van der Waals surface area contributed by atoms with E-state index in [0.29, 0.717) is 11.7 Å². The number of aromatic nitrogens is 1. The molecule has 0 aliphatic carbocycles. The van der Waals surface area contributed by atoms with Gasteiger partial charge in [-0.15, -0.1) is 0 Å². The molecule has 1 aromatic heterocycles. The molecule has 0 saturated carbocycles. The Hall–Kier alpha value is -2.36. The molecule has 3 rings (SSSR count). The molecule has 0 bridgehead atoms. The van der Waals surface area contributed by atoms with E-state index < -0.39 is 0 Å². The maximum atomic E-state index is 12.8. The summed E-state index contributed by atoms with van der Waals surface area (Å²) >= 11 is 0. The molecule has 25 heavy (non-hydrogen) atoms. The number of likely N-dealkylation sites (tertiary alicyclic amines) is 1. The Morgan fingerprint density at radius 3 is 2.80 bits per heavy atom. The van der Waals surface area contributed by atoms with Crippen molar-refractivity contribution in [1.29, 1.82) is 0 Å². The number of rotatable bonds is 4. The second kappa shape index (κ2) is 7.68. The predicted octanol–water partition coefficient (Wildman–Crippen LogP) is 4.85. The molecule has 2 aromatic rings. The summed E-state index contributed by atoms with van der Waals surface area (Å²) < 4.78 is 0. The number of carbonyl (C=O) groups is 1. The number of nitrogens with one attached hydrogen (secondary N) is 1. The number of hydrogen-bond donors (Lipinski definition) is 1. The van der Waals surface area contributed by atoms with Crippen molar-refractivity contribution in [2.75, 3.05) is 11.9 Å². The minimum absolute atomic E-state index is 0.0600. The van der Waals surface area contributed by atoms with Gasteiger partial charge >= 0.3 is 0 Å². The van der Waals surface area contributed by atoms with Gasteiger partial charge in [0.2, 0.25) is 0 Å². The molecule has 1 aromatic carbocycles. The van der Waals surface area contributed by atoms with Gasteiger partial charge in [0.15, 0.2) is 0 Å². The zero-order valence-corrected chi connectivity index (χ0v) is 15.4. The van der Waals surface area contributed by atoms with Crippen LogP contribution in [0.25, 0.3) is 0 Å². The fourth-order valence-electron chi connectivity index (χ4n) is 3.48. The third-order valence-electron chi connectivity index (χ3n) is 5.23. The molecule has 1 saturated heterocycles. The van der Waals surface area contributed by atoms with Gasteiger partial charge in [-0.3, -0.25) is 4.79 Å². The van der Waals surface area contributed by atoms with Crippen molar-refractivity contribution < 1.29 is 4.79 Å². The molecular formula is C21H27N3O. The lowest BCUT2D eigenvalue weighted by Crippen LogP contribution is -2.43. The van der Waals surface area contributed by atoms with Crippen LogP contribution >= 0.6 is 0 Å². The van der Waals surface area contributed by atoms with Crippen molar-refractivity contribution in [1.82, 2.24) is 9.88 Å². The van der Waals surface area contributed by atoms with E-state index in [9.17, 15) is 4.79 Å². The van der Waals surface area contributed by atoms with E-state index in [0.717, 1.165) is 37.2 Å². The third kappa shape index (κ3) is 3.84. The highest BCUT2D eigenvalue weighted by Gasteiger charge is 2.26. The maximum absolute atomic E-state index is 12.8. The van der Waals surface area contributed by atoms with Crippen molar-refractivity contribution in [2.24, 2.45) is 0 Å². The number of aryl methyl sites for hydroxylation is 1. The van der Waals surface area contributed by atoms with Crippen LogP contribution in [0.2, 0.25) is 0 Å². The number of hydrogen-bond acceptors (Lipinski definition) is 3. The fourth-order valence-corrected chi connectivity index (χ4v) is 3.48. The molecule has 1 aliphatic heterocycles. The summed E-state index contributed by atoms with van der Waals surface area (Å²) in [7, 11) is 0. The van der Waals surface area contributed by atoms with Crippen LogP contribution in [0.5, 0.6) is 0 Å². The maximum Gasteiger partial charge on any atom is 0.272 e. The number of benzene rings is 1. The van der Waals surface area contributed by atoms with Crippen LogP contribution in [0.3, 0.4) is 0 Å². The van der Waals surface area contributed by atoms with E-state index in [-0.39, 0.29) is 5.91 Å². The van der Waals surface area contributed by atoms with Gasteiger partial charge < -0.3 is 10.2 Å². The monoisotopic (exact) mass is 337 g/mol. The van der Waals surface area contributed by atoms with Gasteiger partial charge in [-0.1, -0.05) is 19.1 Å². The Morgan fingerprint density at radius 2 is 2.08 bits per heavy atom. The van der Waals surface area contributed by atoms with Crippen molar-refractivity contribution in [3.8, 4) is 0 Å². The molecule has 1 aliphatic rings. The lowest BCUT2D eigenvalue weighted by atomic mass is 9.99. The van der Waals surface area contributed by atoms with Gasteiger partial charge in [0, 0.05) is 18.3 Å². The molecule has 2 heterocycles. The van der Waals surface area contributed by atoms with Crippen molar-refractivity contribution in [3.05, 3.63) is 53.3 Å². The van der Waals surface area contributed by atoms with E-state index in [1.807, 2.05) is 23.1 Å². The molecule has 1 atom stereocenters. The summed E-state index contributed by atoms with van der Waals surface area (Å²) in [6.45, 7) is 7.20. The van der Waals surface area contributed by atoms with E-state index in [4.69, 9.17) is 0 Å². The molecule has 1 fully saturated rings. The van der Waals surface area contributed by atoms with Crippen LogP contribution in [-0.2, 0) is 0 Å². The van der Waals surface area contributed by atoms with Gasteiger partial charge in [-0.05, 0) is 68.9 Å². The number of amides is 1. The van der Waals surface area contributed by atoms with E-state index >= 15 is 0 Å². The first-order valence-electron chi connectivity index (χ1n) is 9.20. The van der Waals surface area contributed by atoms with Crippen molar-refractivity contribution >= 4 is 17.3 Å². The standard InChI is InChI=1S/C21H27N3O/c1-4-18-9-5-6-13-24(18)21(25)20-12-11-17(14-22-20)23-19-10-7-8-15(2)16(19)3/h7-8,10-12,14,18,23H,4-6,9,13H2,1-3H3. The first-order valence-corrected chi connectivity index (χ1v) is 9.20. The fraction of sp³-hybridized carbons (Fsp3) is 0.429. The van der Waals surface area contributed by atoms with Gasteiger partial charge in [0.05, 0.1) is 11.9 Å². The lowest BCUT2D eigenvalue weighted by Gasteiger charge is -2.35. The second-order valence-corrected chi connectivity index (χ2v) is 6.86. The predicted molar refractivity (Wildman–Crippen MR) is 102 cm³/mol. The average molecular weight is 337 g/mol. The zero-order valence-electron chi connectivity index (χ0n) is 15.4. The Labute approximate surface area is 150 Å². The summed E-state index contributed by atoms with van der Waals surface area (Å²) in [5, 5.41) is 3.39. The van der Waals surface area contributed by atoms with Gasteiger partial charge in [-0.2, -0.15) is 0 Å². The largest absolute Gasteiger partial charge is 0.354 e. The van der Waals surface area contributed by atoms with Crippen LogP contribution in [0, 0.1) is 13.8 Å². The topological polar surface area (TPSA) is 45.2 Å². The van der Waals surface area contributed by atoms with E-state index in [1.165, 1.54) is 17.5 Å². The Morgan fingerprint density at radius 1 is 1.24 bits per heavy atom. The summed E-state index contributed by atoms with van der Waals surface area (Å²) in [5.41, 5.74) is 4.98. The molecule has 1 amide bonds. The van der Waals surface area contributed by atoms with Crippen LogP contribution < -0.4 is 5.32 Å². The molecule has 0 spiro atoms. The minimum atomic E-state index is 0.0600. The van der Waals surface area contributed by atoms with Crippen LogP contribution in [0.4, 0.5) is 11.4 Å². The number of carbonyl (C=O) groups excluding carboxylic acids is 1. The molecule has 1 N–H and O–H groups in total. The normalized spacial score (nSPS) is 17.4. The van der Waals surface area contributed by atoms with Crippen LogP contribution in [0.15, 0.2) is 36.5 Å². The highest BCUT2D eigenvalue weighted by Crippen LogP contribution is 2.24. The van der Waals surface area contributed by atoms with Gasteiger partial charge in [0.25, 0.3) is 5.91 Å². The summed E-state index contributed by atoms with van der Waals surface area (Å²) in [6.07, 6.45) is 6.18. The Bertz CT molecular complexity index is 739. The molecule has 1 unspecified atom stereocenters. The first-order chi connectivity index (χ1) is 12.1. The molecule has 4 heteroatoms. The van der Waals surface area contributed by atoms with E-state index in [2.05, 4.69) is 43.2 Å². The summed E-state index contributed by atoms with van der Waals surface area (Å²) in [6, 6.07) is 10.3. The van der Waals surface area contributed by atoms with Crippen LogP contribution in [-0.4, -0.2) is 28.4 Å². The molecular weight excluding hydrogens is 310 g/mol. The van der Waals surface area contributed by atoms with Gasteiger partial charge in [0.1, 0.15) is 5.69 Å². The number of nitrogens with zero attached hydrogens (tertiary/aromatic N) is 2. The summed E-state index contributed by atoms with van der Waals surface area (Å²) in [5.74, 6) is 0.0600. The summed E-state index contributed by atoms with van der Waals surface area (Å²) in [4.78, 5) is 19.2. The Balaban J connectivity index is 1.73. The molecule has 0 radical (unpaired) electrons. The third-order valence-corrected chi connectivity index (χ3v) is 5.23. The first kappa shape index (κ1) is 17.5. The SMILES string of the molecule is CCC1CCCCN1C(=O)c1ccc(Nc2cccc(C)c2C)cn1.